The van der Waals surface area contributed by atoms with Crippen LogP contribution in [-0.2, 0) is 9.53 Å². The van der Waals surface area contributed by atoms with Crippen LogP contribution in [0.2, 0.25) is 0 Å². The standard InChI is InChI=1S/C12H15BrO.C6H14.C3H8O/c1-4-10(13)6-11-8(2)5-9(3)12(11)7-14;1-4-6(3)5-2;1-3-4-2/h4,6-7,9,12H,2,5H2,1,3H3;6H,4-5H2,1-3H3;3H2,1-2H3/b10-4+,11-6+;;. The fourth-order valence-electron chi connectivity index (χ4n) is 2.10. The van der Waals surface area contributed by atoms with Crippen molar-refractivity contribution in [1.29, 1.82) is 0 Å². The third-order valence-electron chi connectivity index (χ3n) is 4.35. The molecule has 0 heterocycles. The van der Waals surface area contributed by atoms with Crippen LogP contribution in [0.15, 0.2) is 34.4 Å². The van der Waals surface area contributed by atoms with Gasteiger partial charge in [-0.1, -0.05) is 74.7 Å². The van der Waals surface area contributed by atoms with E-state index in [9.17, 15) is 4.79 Å². The Hall–Kier alpha value is -0.670. The van der Waals surface area contributed by atoms with Crippen LogP contribution >= 0.6 is 15.9 Å². The van der Waals surface area contributed by atoms with Gasteiger partial charge in [0.2, 0.25) is 0 Å². The second-order valence-corrected chi connectivity index (χ2v) is 7.13. The Morgan fingerprint density at radius 2 is 1.88 bits per heavy atom. The summed E-state index contributed by atoms with van der Waals surface area (Å²) in [5.74, 6) is 1.35. The number of hydrogen-bond donors (Lipinski definition) is 0. The lowest BCUT2D eigenvalue weighted by atomic mass is 9.96. The molecule has 0 radical (unpaired) electrons. The number of rotatable bonds is 5. The summed E-state index contributed by atoms with van der Waals surface area (Å²) in [4.78, 5) is 10.9. The molecule has 1 fully saturated rings. The Labute approximate surface area is 158 Å². The molecule has 1 aliphatic carbocycles. The lowest BCUT2D eigenvalue weighted by Crippen LogP contribution is -2.06. The molecule has 1 saturated carbocycles. The highest BCUT2D eigenvalue weighted by Crippen LogP contribution is 2.39. The molecule has 0 saturated heterocycles. The molecule has 0 aromatic rings. The van der Waals surface area contributed by atoms with Gasteiger partial charge in [0.25, 0.3) is 0 Å². The first-order valence-electron chi connectivity index (χ1n) is 8.98. The average Bonchev–Trinajstić information content (AvgIpc) is 2.87. The molecule has 0 N–H and O–H groups in total. The van der Waals surface area contributed by atoms with Gasteiger partial charge >= 0.3 is 0 Å². The number of carbonyl (C=O) groups is 1. The minimum Gasteiger partial charge on any atom is -0.385 e. The van der Waals surface area contributed by atoms with Crippen LogP contribution in [0.3, 0.4) is 0 Å². The molecule has 140 valence electrons. The molecule has 0 aromatic carbocycles. The van der Waals surface area contributed by atoms with Gasteiger partial charge in [-0.15, -0.1) is 0 Å². The van der Waals surface area contributed by atoms with Crippen LogP contribution in [0.25, 0.3) is 0 Å². The van der Waals surface area contributed by atoms with Gasteiger partial charge in [-0.3, -0.25) is 0 Å². The van der Waals surface area contributed by atoms with Gasteiger partial charge in [0.1, 0.15) is 6.29 Å². The number of carbonyl (C=O) groups excluding carboxylic acids is 1. The maximum atomic E-state index is 10.9. The SMILES string of the molecule is C=C1CC(C)C(C=O)/C1=C/C(Br)=C\C.CCC(C)CC.CCOC. The molecule has 3 heteroatoms. The highest BCUT2D eigenvalue weighted by atomic mass is 79.9. The fourth-order valence-corrected chi connectivity index (χ4v) is 2.35. The monoisotopic (exact) mass is 400 g/mol. The van der Waals surface area contributed by atoms with Crippen LogP contribution in [-0.4, -0.2) is 20.0 Å². The van der Waals surface area contributed by atoms with E-state index in [4.69, 9.17) is 0 Å². The molecule has 0 aliphatic heterocycles. The van der Waals surface area contributed by atoms with E-state index in [-0.39, 0.29) is 5.92 Å². The molecule has 1 aliphatic rings. The Morgan fingerprint density at radius 3 is 2.17 bits per heavy atom. The predicted molar refractivity (Wildman–Crippen MR) is 111 cm³/mol. The normalized spacial score (nSPS) is 22.0. The predicted octanol–water partition coefficient (Wildman–Crippen LogP) is 6.72. The van der Waals surface area contributed by atoms with E-state index in [0.717, 1.165) is 40.9 Å². The van der Waals surface area contributed by atoms with Gasteiger partial charge in [-0.25, -0.2) is 0 Å². The Morgan fingerprint density at radius 1 is 1.38 bits per heavy atom. The molecule has 0 bridgehead atoms. The average molecular weight is 401 g/mol. The summed E-state index contributed by atoms with van der Waals surface area (Å²) in [5, 5.41) is 0. The first-order chi connectivity index (χ1) is 11.3. The lowest BCUT2D eigenvalue weighted by Gasteiger charge is -2.08. The van der Waals surface area contributed by atoms with E-state index in [2.05, 4.69) is 54.9 Å². The van der Waals surface area contributed by atoms with E-state index in [0.29, 0.717) is 5.92 Å². The molecular weight excluding hydrogens is 364 g/mol. The highest BCUT2D eigenvalue weighted by molar-refractivity contribution is 9.11. The maximum Gasteiger partial charge on any atom is 0.127 e. The fraction of sp³-hybridized carbons (Fsp3) is 0.667. The second kappa shape index (κ2) is 15.8. The van der Waals surface area contributed by atoms with Crippen LogP contribution in [0.4, 0.5) is 0 Å². The van der Waals surface area contributed by atoms with Crippen molar-refractivity contribution >= 4 is 22.2 Å². The summed E-state index contributed by atoms with van der Waals surface area (Å²) in [6.45, 7) is 17.6. The van der Waals surface area contributed by atoms with Gasteiger partial charge in [0.15, 0.2) is 0 Å². The smallest absolute Gasteiger partial charge is 0.127 e. The summed E-state index contributed by atoms with van der Waals surface area (Å²) in [5.41, 5.74) is 2.17. The highest BCUT2D eigenvalue weighted by Gasteiger charge is 2.30. The zero-order valence-electron chi connectivity index (χ0n) is 16.7. The molecule has 2 atom stereocenters. The van der Waals surface area contributed by atoms with E-state index in [1.807, 2.05) is 26.0 Å². The van der Waals surface area contributed by atoms with Crippen LogP contribution in [0.5, 0.6) is 0 Å². The topological polar surface area (TPSA) is 26.3 Å². The van der Waals surface area contributed by atoms with Crippen molar-refractivity contribution in [3.63, 3.8) is 0 Å². The molecule has 0 amide bonds. The van der Waals surface area contributed by atoms with Crippen molar-refractivity contribution in [3.8, 4) is 0 Å². The number of methoxy groups -OCH3 is 1. The van der Waals surface area contributed by atoms with Crippen molar-refractivity contribution in [2.24, 2.45) is 17.8 Å². The van der Waals surface area contributed by atoms with Gasteiger partial charge in [-0.05, 0) is 43.8 Å². The number of hydrogen-bond acceptors (Lipinski definition) is 2. The van der Waals surface area contributed by atoms with E-state index >= 15 is 0 Å². The van der Waals surface area contributed by atoms with Crippen molar-refractivity contribution in [3.05, 3.63) is 34.4 Å². The minimum absolute atomic E-state index is 0.0231. The zero-order chi connectivity index (χ0) is 19.1. The van der Waals surface area contributed by atoms with Crippen molar-refractivity contribution in [2.75, 3.05) is 13.7 Å². The third-order valence-corrected chi connectivity index (χ3v) is 5.03. The second-order valence-electron chi connectivity index (χ2n) is 6.22. The molecule has 2 unspecified atom stereocenters. The van der Waals surface area contributed by atoms with Crippen molar-refractivity contribution in [1.82, 2.24) is 0 Å². The van der Waals surface area contributed by atoms with Crippen LogP contribution < -0.4 is 0 Å². The molecule has 0 spiro atoms. The lowest BCUT2D eigenvalue weighted by molar-refractivity contribution is -0.110. The van der Waals surface area contributed by atoms with Crippen molar-refractivity contribution < 1.29 is 9.53 Å². The number of halogens is 1. The third kappa shape index (κ3) is 11.0. The van der Waals surface area contributed by atoms with Crippen molar-refractivity contribution in [2.45, 2.75) is 60.8 Å². The first kappa shape index (κ1) is 25.6. The molecule has 1 rings (SSSR count). The Balaban J connectivity index is 0. The molecule has 24 heavy (non-hydrogen) atoms. The number of ether oxygens (including phenoxy) is 1. The molecule has 0 aromatic heterocycles. The number of allylic oxidation sites excluding steroid dienone is 5. The maximum absolute atomic E-state index is 10.9. The molecular formula is C21H37BrO2. The van der Waals surface area contributed by atoms with Gasteiger partial charge in [0, 0.05) is 24.1 Å². The summed E-state index contributed by atoms with van der Waals surface area (Å²) in [7, 11) is 1.68. The zero-order valence-corrected chi connectivity index (χ0v) is 18.3. The summed E-state index contributed by atoms with van der Waals surface area (Å²) < 4.78 is 5.55. The van der Waals surface area contributed by atoms with Crippen LogP contribution in [0, 0.1) is 17.8 Å². The van der Waals surface area contributed by atoms with Gasteiger partial charge in [-0.2, -0.15) is 0 Å². The largest absolute Gasteiger partial charge is 0.385 e. The summed E-state index contributed by atoms with van der Waals surface area (Å²) in [6.07, 6.45) is 8.59. The van der Waals surface area contributed by atoms with Crippen LogP contribution in [0.1, 0.15) is 60.8 Å². The number of aldehydes is 1. The first-order valence-corrected chi connectivity index (χ1v) is 9.77. The van der Waals surface area contributed by atoms with E-state index in [1.165, 1.54) is 12.8 Å². The Kier molecular flexibility index (Phi) is 16.9. The summed E-state index contributed by atoms with van der Waals surface area (Å²) >= 11 is 3.42. The van der Waals surface area contributed by atoms with E-state index < -0.39 is 0 Å². The summed E-state index contributed by atoms with van der Waals surface area (Å²) in [6, 6.07) is 0. The van der Waals surface area contributed by atoms with Gasteiger partial charge in [0.05, 0.1) is 0 Å². The van der Waals surface area contributed by atoms with Gasteiger partial charge < -0.3 is 9.53 Å². The van der Waals surface area contributed by atoms with E-state index in [1.54, 1.807) is 7.11 Å². The Bertz CT molecular complexity index is 404. The molecule has 2 nitrogen and oxygen atoms in total. The minimum atomic E-state index is 0.0231. The quantitative estimate of drug-likeness (QED) is 0.478.